The van der Waals surface area contributed by atoms with Gasteiger partial charge in [0.1, 0.15) is 0 Å². The van der Waals surface area contributed by atoms with Crippen molar-refractivity contribution in [3.8, 4) is 0 Å². The molecule has 5 nitrogen and oxygen atoms in total. The van der Waals surface area contributed by atoms with Gasteiger partial charge in [-0.05, 0) is 30.5 Å². The molecule has 0 spiro atoms. The van der Waals surface area contributed by atoms with Gasteiger partial charge in [-0.25, -0.2) is 21.9 Å². The van der Waals surface area contributed by atoms with E-state index in [-0.39, 0.29) is 17.5 Å². The molecule has 2 rings (SSSR count). The van der Waals surface area contributed by atoms with Crippen LogP contribution in [0.1, 0.15) is 20.3 Å². The monoisotopic (exact) mass is 362 g/mol. The van der Waals surface area contributed by atoms with Gasteiger partial charge in [0.2, 0.25) is 10.0 Å². The molecule has 0 radical (unpaired) electrons. The maximum absolute atomic E-state index is 13.3. The topological polar surface area (TPSA) is 58.6 Å². The molecule has 1 unspecified atom stereocenters. The minimum atomic E-state index is -3.88. The molecule has 0 amide bonds. The van der Waals surface area contributed by atoms with Crippen LogP contribution in [0.5, 0.6) is 0 Å². The van der Waals surface area contributed by atoms with Crippen molar-refractivity contribution in [2.24, 2.45) is 5.92 Å². The number of nitrogens with one attached hydrogen (secondary N) is 1. The fourth-order valence-corrected chi connectivity index (χ4v) is 3.87. The molecule has 0 saturated carbocycles. The highest BCUT2D eigenvalue weighted by atomic mass is 32.2. The molecular formula is C16H24F2N2O3S. The van der Waals surface area contributed by atoms with Crippen molar-refractivity contribution in [2.75, 3.05) is 32.8 Å². The van der Waals surface area contributed by atoms with Crippen molar-refractivity contribution >= 4 is 10.0 Å². The van der Waals surface area contributed by atoms with E-state index in [1.165, 1.54) is 0 Å². The van der Waals surface area contributed by atoms with Crippen LogP contribution in [0.4, 0.5) is 8.78 Å². The van der Waals surface area contributed by atoms with Crippen LogP contribution in [0.2, 0.25) is 0 Å². The summed E-state index contributed by atoms with van der Waals surface area (Å²) in [6, 6.07) is 2.61. The van der Waals surface area contributed by atoms with E-state index in [4.69, 9.17) is 4.74 Å². The lowest BCUT2D eigenvalue weighted by Crippen LogP contribution is -2.49. The first kappa shape index (κ1) is 19.2. The lowest BCUT2D eigenvalue weighted by atomic mass is 10.0. The molecule has 8 heteroatoms. The minimum absolute atomic E-state index is 0.0361. The Morgan fingerprint density at radius 2 is 1.88 bits per heavy atom. The van der Waals surface area contributed by atoms with Gasteiger partial charge >= 0.3 is 0 Å². The first-order valence-electron chi connectivity index (χ1n) is 8.06. The number of sulfonamides is 1. The lowest BCUT2D eigenvalue weighted by molar-refractivity contribution is 0.0134. The molecule has 1 aliphatic heterocycles. The van der Waals surface area contributed by atoms with Gasteiger partial charge in [0.15, 0.2) is 11.6 Å². The quantitative estimate of drug-likeness (QED) is 0.806. The Hall–Kier alpha value is -1.09. The average Bonchev–Trinajstić information content (AvgIpc) is 2.54. The third-order valence-corrected chi connectivity index (χ3v) is 5.44. The fraction of sp³-hybridized carbons (Fsp3) is 0.625. The van der Waals surface area contributed by atoms with Gasteiger partial charge in [0.25, 0.3) is 0 Å². The predicted octanol–water partition coefficient (Wildman–Crippen LogP) is 1.99. The molecule has 1 atom stereocenters. The summed E-state index contributed by atoms with van der Waals surface area (Å²) in [6.07, 6.45) is 0.834. The third-order valence-electron chi connectivity index (χ3n) is 4.02. The molecule has 0 aliphatic carbocycles. The molecule has 1 heterocycles. The van der Waals surface area contributed by atoms with E-state index in [0.29, 0.717) is 25.2 Å². The van der Waals surface area contributed by atoms with Gasteiger partial charge in [-0.3, -0.25) is 4.90 Å². The lowest BCUT2D eigenvalue weighted by Gasteiger charge is -2.35. The van der Waals surface area contributed by atoms with Crippen molar-refractivity contribution < 1.29 is 21.9 Å². The second-order valence-corrected chi connectivity index (χ2v) is 8.13. The Bertz CT molecular complexity index is 647. The number of nitrogens with zero attached hydrogens (tertiary/aromatic N) is 1. The zero-order valence-corrected chi connectivity index (χ0v) is 14.8. The Labute approximate surface area is 142 Å². The smallest absolute Gasteiger partial charge is 0.240 e. The summed E-state index contributed by atoms with van der Waals surface area (Å²) in [5, 5.41) is 0. The van der Waals surface area contributed by atoms with Crippen LogP contribution < -0.4 is 4.72 Å². The van der Waals surface area contributed by atoms with Crippen LogP contribution in [0.25, 0.3) is 0 Å². The van der Waals surface area contributed by atoms with Crippen molar-refractivity contribution in [1.29, 1.82) is 0 Å². The number of morpholine rings is 1. The van der Waals surface area contributed by atoms with Crippen LogP contribution in [0.3, 0.4) is 0 Å². The summed E-state index contributed by atoms with van der Waals surface area (Å²) < 4.78 is 58.8. The van der Waals surface area contributed by atoms with Crippen LogP contribution in [-0.2, 0) is 14.8 Å². The zero-order chi connectivity index (χ0) is 17.7. The molecule has 0 aromatic heterocycles. The molecule has 1 aromatic carbocycles. The van der Waals surface area contributed by atoms with E-state index < -0.39 is 21.7 Å². The highest BCUT2D eigenvalue weighted by molar-refractivity contribution is 7.89. The number of ether oxygens (including phenoxy) is 1. The van der Waals surface area contributed by atoms with E-state index in [1.54, 1.807) is 0 Å². The van der Waals surface area contributed by atoms with E-state index in [1.807, 2.05) is 0 Å². The molecule has 0 bridgehead atoms. The minimum Gasteiger partial charge on any atom is -0.379 e. The largest absolute Gasteiger partial charge is 0.379 e. The van der Waals surface area contributed by atoms with E-state index >= 15 is 0 Å². The molecule has 1 saturated heterocycles. The van der Waals surface area contributed by atoms with Crippen molar-refractivity contribution in [3.63, 3.8) is 0 Å². The summed E-state index contributed by atoms with van der Waals surface area (Å²) in [7, 11) is -3.88. The Kier molecular flexibility index (Phi) is 6.68. The maximum atomic E-state index is 13.3. The number of hydrogen-bond acceptors (Lipinski definition) is 4. The number of halogens is 2. The third kappa shape index (κ3) is 5.20. The highest BCUT2D eigenvalue weighted by Gasteiger charge is 2.24. The second-order valence-electron chi connectivity index (χ2n) is 6.36. The number of hydrogen-bond donors (Lipinski definition) is 1. The zero-order valence-electron chi connectivity index (χ0n) is 14.0. The maximum Gasteiger partial charge on any atom is 0.240 e. The summed E-state index contributed by atoms with van der Waals surface area (Å²) >= 11 is 0. The fourth-order valence-electron chi connectivity index (χ4n) is 2.78. The second kappa shape index (κ2) is 8.33. The van der Waals surface area contributed by atoms with Gasteiger partial charge < -0.3 is 4.74 Å². The molecule has 1 aliphatic rings. The molecule has 136 valence electrons. The van der Waals surface area contributed by atoms with Crippen molar-refractivity contribution in [2.45, 2.75) is 31.2 Å². The van der Waals surface area contributed by atoms with E-state index in [0.717, 1.165) is 31.6 Å². The van der Waals surface area contributed by atoms with Crippen LogP contribution >= 0.6 is 0 Å². The van der Waals surface area contributed by atoms with Crippen LogP contribution in [0, 0.1) is 17.6 Å². The first-order chi connectivity index (χ1) is 11.3. The van der Waals surface area contributed by atoms with Gasteiger partial charge in [0.05, 0.1) is 18.1 Å². The van der Waals surface area contributed by atoms with Crippen LogP contribution in [0.15, 0.2) is 23.1 Å². The van der Waals surface area contributed by atoms with Crippen molar-refractivity contribution in [1.82, 2.24) is 9.62 Å². The van der Waals surface area contributed by atoms with Gasteiger partial charge in [0, 0.05) is 25.7 Å². The van der Waals surface area contributed by atoms with Gasteiger partial charge in [-0.1, -0.05) is 13.8 Å². The molecular weight excluding hydrogens is 338 g/mol. The standard InChI is InChI=1S/C16H24F2N2O3S/c1-12(2)9-13(20-5-7-23-8-6-20)11-19-24(21,22)14-3-4-15(17)16(18)10-14/h3-4,10,12-13,19H,5-9,11H2,1-2H3. The van der Waals surface area contributed by atoms with E-state index in [2.05, 4.69) is 23.5 Å². The Morgan fingerprint density at radius 3 is 2.46 bits per heavy atom. The first-order valence-corrected chi connectivity index (χ1v) is 9.54. The highest BCUT2D eigenvalue weighted by Crippen LogP contribution is 2.16. The SMILES string of the molecule is CC(C)CC(CNS(=O)(=O)c1ccc(F)c(F)c1)N1CCOCC1. The Morgan fingerprint density at radius 1 is 1.21 bits per heavy atom. The summed E-state index contributed by atoms with van der Waals surface area (Å²) in [5.41, 5.74) is 0. The molecule has 1 fully saturated rings. The normalized spacial score (nSPS) is 18.0. The van der Waals surface area contributed by atoms with Gasteiger partial charge in [-0.15, -0.1) is 0 Å². The Balaban J connectivity index is 2.07. The summed E-state index contributed by atoms with van der Waals surface area (Å²) in [5.74, 6) is -1.84. The predicted molar refractivity (Wildman–Crippen MR) is 87.2 cm³/mol. The van der Waals surface area contributed by atoms with Crippen LogP contribution in [-0.4, -0.2) is 52.2 Å². The van der Waals surface area contributed by atoms with Gasteiger partial charge in [-0.2, -0.15) is 0 Å². The summed E-state index contributed by atoms with van der Waals surface area (Å²) in [6.45, 7) is 7.15. The number of rotatable bonds is 7. The van der Waals surface area contributed by atoms with E-state index in [9.17, 15) is 17.2 Å². The summed E-state index contributed by atoms with van der Waals surface area (Å²) in [4.78, 5) is 1.93. The van der Waals surface area contributed by atoms with Crippen molar-refractivity contribution in [3.05, 3.63) is 29.8 Å². The average molecular weight is 362 g/mol. The molecule has 24 heavy (non-hydrogen) atoms. The molecule has 1 N–H and O–H groups in total. The molecule has 1 aromatic rings. The number of benzene rings is 1.